The Hall–Kier alpha value is -2.44. The summed E-state index contributed by atoms with van der Waals surface area (Å²) in [7, 11) is 0. The lowest BCUT2D eigenvalue weighted by Gasteiger charge is -2.33. The van der Waals surface area contributed by atoms with Crippen LogP contribution >= 0.6 is 0 Å². The molecule has 0 atom stereocenters. The lowest BCUT2D eigenvalue weighted by Crippen LogP contribution is -2.49. The highest BCUT2D eigenvalue weighted by Crippen LogP contribution is 2.19. The van der Waals surface area contributed by atoms with Gasteiger partial charge >= 0.3 is 6.01 Å². The van der Waals surface area contributed by atoms with Crippen molar-refractivity contribution >= 4 is 11.9 Å². The van der Waals surface area contributed by atoms with Crippen LogP contribution in [0.5, 0.6) is 0 Å². The number of hydrogen-bond donors (Lipinski definition) is 0. The van der Waals surface area contributed by atoms with Crippen LogP contribution in [-0.2, 0) is 0 Å². The Kier molecular flexibility index (Phi) is 4.04. The molecule has 1 aliphatic heterocycles. The summed E-state index contributed by atoms with van der Waals surface area (Å²) >= 11 is 0. The van der Waals surface area contributed by atoms with Crippen molar-refractivity contribution in [1.29, 1.82) is 0 Å². The predicted molar refractivity (Wildman–Crippen MR) is 80.7 cm³/mol. The van der Waals surface area contributed by atoms with Crippen LogP contribution in [0.4, 0.5) is 6.01 Å². The first-order valence-electron chi connectivity index (χ1n) is 7.44. The van der Waals surface area contributed by atoms with E-state index in [0.717, 1.165) is 0 Å². The summed E-state index contributed by atoms with van der Waals surface area (Å²) in [6.45, 7) is 6.63. The molecule has 3 heterocycles. The van der Waals surface area contributed by atoms with Crippen LogP contribution in [0.15, 0.2) is 28.8 Å². The fourth-order valence-electron chi connectivity index (χ4n) is 2.34. The van der Waals surface area contributed by atoms with E-state index in [0.29, 0.717) is 43.8 Å². The van der Waals surface area contributed by atoms with Crippen LogP contribution in [0.25, 0.3) is 0 Å². The van der Waals surface area contributed by atoms with E-state index in [1.165, 1.54) is 0 Å². The van der Waals surface area contributed by atoms with Crippen molar-refractivity contribution in [2.24, 2.45) is 0 Å². The maximum absolute atomic E-state index is 12.3. The fourth-order valence-corrected chi connectivity index (χ4v) is 2.34. The van der Waals surface area contributed by atoms with Gasteiger partial charge in [-0.1, -0.05) is 25.0 Å². The van der Waals surface area contributed by atoms with Gasteiger partial charge in [0.2, 0.25) is 5.89 Å². The van der Waals surface area contributed by atoms with E-state index in [1.54, 1.807) is 23.2 Å². The number of pyridine rings is 1. The molecule has 0 aromatic carbocycles. The lowest BCUT2D eigenvalue weighted by atomic mass is 10.2. The van der Waals surface area contributed by atoms with E-state index in [4.69, 9.17) is 4.42 Å². The largest absolute Gasteiger partial charge is 0.408 e. The molecule has 0 unspecified atom stereocenters. The highest BCUT2D eigenvalue weighted by atomic mass is 16.4. The number of piperazine rings is 1. The molecule has 7 heteroatoms. The topological polar surface area (TPSA) is 75.4 Å². The molecular formula is C15H19N5O2. The van der Waals surface area contributed by atoms with Gasteiger partial charge in [0.1, 0.15) is 5.69 Å². The number of rotatable bonds is 3. The average molecular weight is 301 g/mol. The third-order valence-electron chi connectivity index (χ3n) is 3.65. The second-order valence-corrected chi connectivity index (χ2v) is 5.57. The monoisotopic (exact) mass is 301 g/mol. The van der Waals surface area contributed by atoms with Crippen LogP contribution in [0, 0.1) is 0 Å². The minimum absolute atomic E-state index is 0.0337. The zero-order chi connectivity index (χ0) is 15.5. The summed E-state index contributed by atoms with van der Waals surface area (Å²) in [6, 6.07) is 5.90. The average Bonchev–Trinajstić information content (AvgIpc) is 3.05. The summed E-state index contributed by atoms with van der Waals surface area (Å²) in [5.74, 6) is 0.823. The van der Waals surface area contributed by atoms with E-state index < -0.39 is 0 Å². The van der Waals surface area contributed by atoms with Crippen molar-refractivity contribution in [1.82, 2.24) is 20.1 Å². The first-order chi connectivity index (χ1) is 10.6. The maximum Gasteiger partial charge on any atom is 0.318 e. The summed E-state index contributed by atoms with van der Waals surface area (Å²) in [5, 5.41) is 8.13. The van der Waals surface area contributed by atoms with Crippen molar-refractivity contribution in [3.8, 4) is 0 Å². The van der Waals surface area contributed by atoms with E-state index in [2.05, 4.69) is 15.2 Å². The molecule has 22 heavy (non-hydrogen) atoms. The quantitative estimate of drug-likeness (QED) is 0.856. The first kappa shape index (κ1) is 14.5. The van der Waals surface area contributed by atoms with Gasteiger partial charge in [0.05, 0.1) is 0 Å². The van der Waals surface area contributed by atoms with E-state index in [-0.39, 0.29) is 11.8 Å². The van der Waals surface area contributed by atoms with Gasteiger partial charge < -0.3 is 14.2 Å². The van der Waals surface area contributed by atoms with Crippen molar-refractivity contribution in [2.45, 2.75) is 19.8 Å². The molecule has 2 aromatic rings. The summed E-state index contributed by atoms with van der Waals surface area (Å²) < 4.78 is 5.65. The van der Waals surface area contributed by atoms with E-state index in [9.17, 15) is 4.79 Å². The second kappa shape index (κ2) is 6.13. The highest BCUT2D eigenvalue weighted by molar-refractivity contribution is 5.92. The maximum atomic E-state index is 12.3. The smallest absolute Gasteiger partial charge is 0.318 e. The molecule has 1 amide bonds. The number of hydrogen-bond acceptors (Lipinski definition) is 6. The number of carbonyl (C=O) groups excluding carboxylic acids is 1. The van der Waals surface area contributed by atoms with Gasteiger partial charge in [0.25, 0.3) is 5.91 Å². The van der Waals surface area contributed by atoms with Crippen molar-refractivity contribution in [2.75, 3.05) is 31.1 Å². The van der Waals surface area contributed by atoms with Gasteiger partial charge in [-0.25, -0.2) is 0 Å². The zero-order valence-electron chi connectivity index (χ0n) is 12.8. The molecular weight excluding hydrogens is 282 g/mol. The number of anilines is 1. The van der Waals surface area contributed by atoms with Crippen LogP contribution < -0.4 is 4.90 Å². The molecule has 2 aromatic heterocycles. The van der Waals surface area contributed by atoms with Crippen LogP contribution in [-0.4, -0.2) is 52.2 Å². The van der Waals surface area contributed by atoms with Gasteiger partial charge in [-0.3, -0.25) is 9.78 Å². The van der Waals surface area contributed by atoms with Crippen LogP contribution in [0.2, 0.25) is 0 Å². The Labute approximate surface area is 129 Å². The van der Waals surface area contributed by atoms with Crippen LogP contribution in [0.1, 0.15) is 36.1 Å². The Morgan fingerprint density at radius 3 is 2.55 bits per heavy atom. The minimum atomic E-state index is -0.0337. The highest BCUT2D eigenvalue weighted by Gasteiger charge is 2.25. The Balaban J connectivity index is 1.61. The second-order valence-electron chi connectivity index (χ2n) is 5.57. The molecule has 1 aliphatic rings. The number of amides is 1. The fraction of sp³-hybridized carbons (Fsp3) is 0.467. The van der Waals surface area contributed by atoms with Crippen LogP contribution in [0.3, 0.4) is 0 Å². The Morgan fingerprint density at radius 1 is 1.18 bits per heavy atom. The zero-order valence-corrected chi connectivity index (χ0v) is 12.8. The number of nitrogens with zero attached hydrogens (tertiary/aromatic N) is 5. The number of carbonyl (C=O) groups is 1. The molecule has 116 valence electrons. The Bertz CT molecular complexity index is 632. The predicted octanol–water partition coefficient (Wildman–Crippen LogP) is 1.55. The minimum Gasteiger partial charge on any atom is -0.408 e. The molecule has 0 saturated carbocycles. The molecule has 1 saturated heterocycles. The molecule has 0 radical (unpaired) electrons. The van der Waals surface area contributed by atoms with Gasteiger partial charge in [0.15, 0.2) is 0 Å². The standard InChI is InChI=1S/C15H19N5O2/c1-11(2)13-17-18-15(22-13)20-9-7-19(8-10-20)14(21)12-5-3-4-6-16-12/h3-6,11H,7-10H2,1-2H3. The third-order valence-corrected chi connectivity index (χ3v) is 3.65. The molecule has 0 aliphatic carbocycles. The Morgan fingerprint density at radius 2 is 1.95 bits per heavy atom. The van der Waals surface area contributed by atoms with Crippen molar-refractivity contribution in [3.63, 3.8) is 0 Å². The van der Waals surface area contributed by atoms with Gasteiger partial charge in [-0.05, 0) is 12.1 Å². The molecule has 3 rings (SSSR count). The van der Waals surface area contributed by atoms with Gasteiger partial charge in [0, 0.05) is 38.3 Å². The molecule has 7 nitrogen and oxygen atoms in total. The summed E-state index contributed by atoms with van der Waals surface area (Å²) in [5.41, 5.74) is 0.482. The van der Waals surface area contributed by atoms with Crippen molar-refractivity contribution in [3.05, 3.63) is 36.0 Å². The molecule has 1 fully saturated rings. The van der Waals surface area contributed by atoms with Crippen molar-refractivity contribution < 1.29 is 9.21 Å². The van der Waals surface area contributed by atoms with E-state index in [1.807, 2.05) is 24.8 Å². The molecule has 0 N–H and O–H groups in total. The SMILES string of the molecule is CC(C)c1nnc(N2CCN(C(=O)c3ccccn3)CC2)o1. The molecule has 0 bridgehead atoms. The third kappa shape index (κ3) is 2.93. The van der Waals surface area contributed by atoms with Gasteiger partial charge in [-0.15, -0.1) is 5.10 Å². The first-order valence-corrected chi connectivity index (χ1v) is 7.44. The normalized spacial score (nSPS) is 15.4. The number of aromatic nitrogens is 3. The summed E-state index contributed by atoms with van der Waals surface area (Å²) in [6.07, 6.45) is 1.63. The van der Waals surface area contributed by atoms with Gasteiger partial charge in [-0.2, -0.15) is 0 Å². The summed E-state index contributed by atoms with van der Waals surface area (Å²) in [4.78, 5) is 20.3. The lowest BCUT2D eigenvalue weighted by molar-refractivity contribution is 0.0739. The van der Waals surface area contributed by atoms with E-state index >= 15 is 0 Å². The molecule has 0 spiro atoms.